The first-order chi connectivity index (χ1) is 15.2. The molecule has 0 N–H and O–H groups in total. The van der Waals surface area contributed by atoms with Crippen LogP contribution in [0.15, 0.2) is 77.9 Å². The number of carbonyl (C=O) groups excluding carboxylic acids is 1. The minimum absolute atomic E-state index is 0.0480. The summed E-state index contributed by atoms with van der Waals surface area (Å²) in [4.78, 5) is 13.1. The van der Waals surface area contributed by atoms with Crippen LogP contribution in [-0.4, -0.2) is 10.4 Å². The minimum atomic E-state index is -0.162. The first-order valence-corrected chi connectivity index (χ1v) is 10.1. The third-order valence-corrected chi connectivity index (χ3v) is 5.85. The molecule has 4 aromatic rings. The summed E-state index contributed by atoms with van der Waals surface area (Å²) in [5.41, 5.74) is 5.09. The highest BCUT2D eigenvalue weighted by atomic mass is 16.1. The van der Waals surface area contributed by atoms with Gasteiger partial charge in [0, 0.05) is 45.1 Å². The van der Waals surface area contributed by atoms with Gasteiger partial charge in [0.25, 0.3) is 0 Å². The van der Waals surface area contributed by atoms with Gasteiger partial charge in [0.15, 0.2) is 5.78 Å². The number of hydrogen-bond donors (Lipinski definition) is 0. The van der Waals surface area contributed by atoms with E-state index in [2.05, 4.69) is 35.8 Å². The Labute approximate surface area is 179 Å². The molecule has 4 nitrogen and oxygen atoms in total. The predicted octanol–water partition coefficient (Wildman–Crippen LogP) is 5.90. The van der Waals surface area contributed by atoms with Gasteiger partial charge in [-0.15, -0.1) is 0 Å². The second kappa shape index (κ2) is 7.13. The Morgan fingerprint density at radius 3 is 2.32 bits per heavy atom. The van der Waals surface area contributed by atoms with Crippen molar-refractivity contribution in [2.75, 3.05) is 0 Å². The summed E-state index contributed by atoms with van der Waals surface area (Å²) in [6.45, 7) is 2.98. The lowest BCUT2D eigenvalue weighted by Gasteiger charge is -2.04. The van der Waals surface area contributed by atoms with E-state index >= 15 is 0 Å². The SMILES string of the molecule is CCn1c2ccccc2c2cc(/C=C3\C(=O)c4ccccc4C3=C(C#N)C#N)ccc21. The van der Waals surface area contributed by atoms with Crippen molar-refractivity contribution in [1.29, 1.82) is 10.5 Å². The van der Waals surface area contributed by atoms with Crippen molar-refractivity contribution in [3.05, 3.63) is 94.6 Å². The van der Waals surface area contributed by atoms with Crippen LogP contribution in [0.4, 0.5) is 0 Å². The highest BCUT2D eigenvalue weighted by Gasteiger charge is 2.32. The van der Waals surface area contributed by atoms with Crippen LogP contribution in [0.2, 0.25) is 0 Å². The van der Waals surface area contributed by atoms with Gasteiger partial charge in [0.05, 0.1) is 0 Å². The summed E-state index contributed by atoms with van der Waals surface area (Å²) < 4.78 is 2.27. The lowest BCUT2D eigenvalue weighted by molar-refractivity contribution is 0.104. The Balaban J connectivity index is 1.76. The molecule has 0 amide bonds. The average molecular weight is 399 g/mol. The summed E-state index contributed by atoms with van der Waals surface area (Å²) in [7, 11) is 0. The number of para-hydroxylation sites is 1. The molecule has 0 atom stereocenters. The van der Waals surface area contributed by atoms with E-state index in [-0.39, 0.29) is 11.4 Å². The largest absolute Gasteiger partial charge is 0.341 e. The molecule has 1 aromatic heterocycles. The number of aryl methyl sites for hydroxylation is 1. The first-order valence-electron chi connectivity index (χ1n) is 10.1. The van der Waals surface area contributed by atoms with Gasteiger partial charge in [-0.1, -0.05) is 48.5 Å². The number of allylic oxidation sites excluding steroid dienone is 3. The van der Waals surface area contributed by atoms with Crippen LogP contribution in [0, 0.1) is 22.7 Å². The van der Waals surface area contributed by atoms with Crippen LogP contribution >= 0.6 is 0 Å². The molecule has 0 bridgehead atoms. The fourth-order valence-corrected chi connectivity index (χ4v) is 4.52. The zero-order chi connectivity index (χ0) is 21.5. The molecule has 1 heterocycles. The number of carbonyl (C=O) groups is 1. The van der Waals surface area contributed by atoms with Crippen LogP contribution in [0.3, 0.4) is 0 Å². The van der Waals surface area contributed by atoms with E-state index in [4.69, 9.17) is 0 Å². The predicted molar refractivity (Wildman–Crippen MR) is 122 cm³/mol. The molecular weight excluding hydrogens is 382 g/mol. The van der Waals surface area contributed by atoms with Gasteiger partial charge >= 0.3 is 0 Å². The molecule has 4 heteroatoms. The number of Topliss-reactive ketones (excluding diaryl/α,β-unsaturated/α-hetero) is 1. The maximum absolute atomic E-state index is 13.1. The highest BCUT2D eigenvalue weighted by Crippen LogP contribution is 2.40. The zero-order valence-electron chi connectivity index (χ0n) is 16.9. The van der Waals surface area contributed by atoms with Gasteiger partial charge in [-0.25, -0.2) is 0 Å². The third-order valence-electron chi connectivity index (χ3n) is 5.85. The van der Waals surface area contributed by atoms with E-state index in [1.54, 1.807) is 24.3 Å². The van der Waals surface area contributed by atoms with Crippen LogP contribution in [-0.2, 0) is 6.54 Å². The molecule has 1 aliphatic carbocycles. The Hall–Kier alpha value is -4.41. The monoisotopic (exact) mass is 399 g/mol. The second-order valence-corrected chi connectivity index (χ2v) is 7.44. The first kappa shape index (κ1) is 18.6. The maximum Gasteiger partial charge on any atom is 0.194 e. The van der Waals surface area contributed by atoms with E-state index in [9.17, 15) is 15.3 Å². The van der Waals surface area contributed by atoms with Gasteiger partial charge in [0.1, 0.15) is 17.7 Å². The molecule has 0 saturated heterocycles. The number of rotatable bonds is 2. The summed E-state index contributed by atoms with van der Waals surface area (Å²) in [6, 6.07) is 25.4. The number of benzene rings is 3. The fraction of sp³-hybridized carbons (Fsp3) is 0.0741. The molecule has 0 aliphatic heterocycles. The number of fused-ring (bicyclic) bond motifs is 4. The molecule has 0 spiro atoms. The van der Waals surface area contributed by atoms with Crippen LogP contribution in [0.1, 0.15) is 28.4 Å². The van der Waals surface area contributed by atoms with Gasteiger partial charge < -0.3 is 4.57 Å². The Kier molecular flexibility index (Phi) is 4.28. The normalized spacial score (nSPS) is 14.1. The van der Waals surface area contributed by atoms with E-state index in [1.807, 2.05) is 36.4 Å². The molecule has 146 valence electrons. The third kappa shape index (κ3) is 2.70. The number of nitriles is 2. The van der Waals surface area contributed by atoms with Crippen molar-refractivity contribution < 1.29 is 4.79 Å². The number of ketones is 1. The molecular formula is C27H17N3O. The van der Waals surface area contributed by atoms with E-state index < -0.39 is 0 Å². The van der Waals surface area contributed by atoms with E-state index in [1.165, 1.54) is 5.52 Å². The fourth-order valence-electron chi connectivity index (χ4n) is 4.52. The van der Waals surface area contributed by atoms with E-state index in [0.29, 0.717) is 22.3 Å². The quantitative estimate of drug-likeness (QED) is 0.311. The molecule has 3 aromatic carbocycles. The van der Waals surface area contributed by atoms with Crippen molar-refractivity contribution in [3.63, 3.8) is 0 Å². The Bertz CT molecular complexity index is 1540. The van der Waals surface area contributed by atoms with Crippen LogP contribution < -0.4 is 0 Å². The van der Waals surface area contributed by atoms with Gasteiger partial charge in [-0.2, -0.15) is 10.5 Å². The van der Waals surface area contributed by atoms with Crippen molar-refractivity contribution in [2.45, 2.75) is 13.5 Å². The van der Waals surface area contributed by atoms with Gasteiger partial charge in [-0.3, -0.25) is 4.79 Å². The molecule has 0 fully saturated rings. The summed E-state index contributed by atoms with van der Waals surface area (Å²) in [5.74, 6) is -0.162. The zero-order valence-corrected chi connectivity index (χ0v) is 16.9. The number of hydrogen-bond acceptors (Lipinski definition) is 3. The summed E-state index contributed by atoms with van der Waals surface area (Å²) in [5, 5.41) is 21.3. The summed E-state index contributed by atoms with van der Waals surface area (Å²) in [6.07, 6.45) is 1.80. The van der Waals surface area contributed by atoms with Crippen molar-refractivity contribution in [3.8, 4) is 12.1 Å². The number of aromatic nitrogens is 1. The maximum atomic E-state index is 13.1. The number of nitrogens with zero attached hydrogens (tertiary/aromatic N) is 3. The van der Waals surface area contributed by atoms with Crippen molar-refractivity contribution in [2.24, 2.45) is 0 Å². The Morgan fingerprint density at radius 1 is 0.903 bits per heavy atom. The lowest BCUT2D eigenvalue weighted by atomic mass is 9.97. The molecule has 1 aliphatic rings. The molecule has 5 rings (SSSR count). The van der Waals surface area contributed by atoms with Crippen molar-refractivity contribution in [1.82, 2.24) is 4.57 Å². The minimum Gasteiger partial charge on any atom is -0.341 e. The molecule has 31 heavy (non-hydrogen) atoms. The molecule has 0 unspecified atom stereocenters. The van der Waals surface area contributed by atoms with Gasteiger partial charge in [-0.05, 0) is 42.3 Å². The van der Waals surface area contributed by atoms with Crippen molar-refractivity contribution >= 4 is 39.2 Å². The average Bonchev–Trinajstić information content (AvgIpc) is 3.27. The lowest BCUT2D eigenvalue weighted by Crippen LogP contribution is -1.96. The highest BCUT2D eigenvalue weighted by molar-refractivity contribution is 6.30. The topological polar surface area (TPSA) is 69.6 Å². The van der Waals surface area contributed by atoms with Crippen LogP contribution in [0.5, 0.6) is 0 Å². The second-order valence-electron chi connectivity index (χ2n) is 7.44. The summed E-state index contributed by atoms with van der Waals surface area (Å²) >= 11 is 0. The molecule has 0 radical (unpaired) electrons. The van der Waals surface area contributed by atoms with Crippen LogP contribution in [0.25, 0.3) is 33.5 Å². The Morgan fingerprint density at radius 2 is 1.58 bits per heavy atom. The smallest absolute Gasteiger partial charge is 0.194 e. The van der Waals surface area contributed by atoms with E-state index in [0.717, 1.165) is 28.4 Å². The molecule has 0 saturated carbocycles. The standard InChI is InChI=1S/C27H17N3O/c1-2-30-24-10-6-5-7-19(24)22-13-17(11-12-25(22)30)14-23-26(18(15-28)16-29)20-8-3-4-9-21(20)27(23)31/h3-14H,2H2,1H3/b23-14-. The van der Waals surface area contributed by atoms with Gasteiger partial charge in [0.2, 0.25) is 0 Å².